The quantitative estimate of drug-likeness (QED) is 0.850. The van der Waals surface area contributed by atoms with Crippen molar-refractivity contribution in [1.82, 2.24) is 15.0 Å². The third-order valence-electron chi connectivity index (χ3n) is 4.00. The van der Waals surface area contributed by atoms with Gasteiger partial charge in [-0.1, -0.05) is 23.7 Å². The molecule has 0 unspecified atom stereocenters. The molecule has 112 valence electrons. The number of hydrogen-bond donors (Lipinski definition) is 0. The van der Waals surface area contributed by atoms with Gasteiger partial charge in [0.05, 0.1) is 6.20 Å². The topological polar surface area (TPSA) is 59.2 Å². The van der Waals surface area contributed by atoms with E-state index in [0.717, 1.165) is 17.8 Å². The van der Waals surface area contributed by atoms with Crippen molar-refractivity contribution >= 4 is 28.8 Å². The largest absolute Gasteiger partial charge is 0.361 e. The minimum absolute atomic E-state index is 0.00563. The van der Waals surface area contributed by atoms with E-state index in [0.29, 0.717) is 28.9 Å². The first-order valence-corrected chi connectivity index (χ1v) is 8.02. The molecule has 2 aromatic rings. The summed E-state index contributed by atoms with van der Waals surface area (Å²) in [5.41, 5.74) is 0.377. The second-order valence-electron chi connectivity index (χ2n) is 5.65. The molecule has 1 saturated heterocycles. The number of nitrogens with zero attached hydrogens (tertiary/aromatic N) is 3. The summed E-state index contributed by atoms with van der Waals surface area (Å²) in [6.07, 6.45) is 3.45. The second-order valence-corrected chi connectivity index (χ2v) is 7.31. The molecule has 0 aliphatic carbocycles. The summed E-state index contributed by atoms with van der Waals surface area (Å²) in [4.78, 5) is 18.6. The summed E-state index contributed by atoms with van der Waals surface area (Å²) in [6.45, 7) is 5.35. The molecule has 1 fully saturated rings. The van der Waals surface area contributed by atoms with E-state index in [2.05, 4.69) is 17.1 Å². The van der Waals surface area contributed by atoms with Gasteiger partial charge in [-0.25, -0.2) is 4.98 Å². The van der Waals surface area contributed by atoms with Gasteiger partial charge in [-0.15, -0.1) is 11.3 Å². The van der Waals surface area contributed by atoms with Gasteiger partial charge in [-0.3, -0.25) is 4.79 Å². The third kappa shape index (κ3) is 2.82. The normalized spacial score (nSPS) is 18.0. The zero-order chi connectivity index (χ0) is 15.0. The van der Waals surface area contributed by atoms with Crippen LogP contribution in [-0.4, -0.2) is 34.0 Å². The van der Waals surface area contributed by atoms with Crippen LogP contribution in [0.5, 0.6) is 0 Å². The summed E-state index contributed by atoms with van der Waals surface area (Å²) in [5.74, 6) is 0.587. The van der Waals surface area contributed by atoms with E-state index in [1.165, 1.54) is 11.3 Å². The fourth-order valence-corrected chi connectivity index (χ4v) is 3.69. The molecule has 1 amide bonds. The lowest BCUT2D eigenvalue weighted by molar-refractivity contribution is 0.0665. The van der Waals surface area contributed by atoms with Crippen LogP contribution in [0.4, 0.5) is 0 Å². The molecule has 0 spiro atoms. The third-order valence-corrected chi connectivity index (χ3v) is 5.42. The Balaban J connectivity index is 1.69. The molecule has 0 saturated carbocycles. The van der Waals surface area contributed by atoms with Crippen molar-refractivity contribution in [2.45, 2.75) is 32.1 Å². The average Bonchev–Trinajstić information content (AvgIpc) is 3.08. The number of likely N-dealkylation sites (tertiary alicyclic amines) is 1. The van der Waals surface area contributed by atoms with Gasteiger partial charge in [0.15, 0.2) is 5.69 Å². The van der Waals surface area contributed by atoms with Crippen LogP contribution in [0.25, 0.3) is 0 Å². The number of aromatic nitrogens is 2. The summed E-state index contributed by atoms with van der Waals surface area (Å²) >= 11 is 7.50. The van der Waals surface area contributed by atoms with Crippen molar-refractivity contribution in [2.75, 3.05) is 13.1 Å². The summed E-state index contributed by atoms with van der Waals surface area (Å²) in [6, 6.07) is 1.68. The van der Waals surface area contributed by atoms with Gasteiger partial charge in [0.1, 0.15) is 15.1 Å². The molecule has 0 N–H and O–H groups in total. The van der Waals surface area contributed by atoms with Crippen molar-refractivity contribution < 1.29 is 9.32 Å². The zero-order valence-corrected chi connectivity index (χ0v) is 13.5. The monoisotopic (exact) mass is 325 g/mol. The highest BCUT2D eigenvalue weighted by Gasteiger charge is 2.36. The highest BCUT2D eigenvalue weighted by Crippen LogP contribution is 2.38. The summed E-state index contributed by atoms with van der Waals surface area (Å²) in [7, 11) is 0. The molecule has 3 rings (SSSR count). The van der Waals surface area contributed by atoms with E-state index in [4.69, 9.17) is 16.1 Å². The van der Waals surface area contributed by atoms with Crippen LogP contribution in [0.1, 0.15) is 41.0 Å². The first-order chi connectivity index (χ1) is 9.98. The minimum Gasteiger partial charge on any atom is -0.361 e. The summed E-state index contributed by atoms with van der Waals surface area (Å²) in [5, 5.41) is 4.85. The Labute approximate surface area is 131 Å². The molecule has 1 aliphatic rings. The van der Waals surface area contributed by atoms with Crippen molar-refractivity contribution in [1.29, 1.82) is 0 Å². The molecule has 0 bridgehead atoms. The van der Waals surface area contributed by atoms with Crippen LogP contribution < -0.4 is 0 Å². The SMILES string of the molecule is Cc1cc(C(=O)N2CCC(C)(c3ncc(Cl)s3)CC2)no1. The van der Waals surface area contributed by atoms with Gasteiger partial charge in [0.2, 0.25) is 0 Å². The molecule has 3 heterocycles. The lowest BCUT2D eigenvalue weighted by Gasteiger charge is -2.37. The van der Waals surface area contributed by atoms with Crippen LogP contribution in [0, 0.1) is 6.92 Å². The molecule has 0 radical (unpaired) electrons. The highest BCUT2D eigenvalue weighted by atomic mass is 35.5. The van der Waals surface area contributed by atoms with Crippen LogP contribution in [-0.2, 0) is 5.41 Å². The van der Waals surface area contributed by atoms with Gasteiger partial charge in [0.25, 0.3) is 5.91 Å². The van der Waals surface area contributed by atoms with E-state index in [1.54, 1.807) is 19.2 Å². The Kier molecular flexibility index (Phi) is 3.75. The maximum Gasteiger partial charge on any atom is 0.276 e. The number of halogens is 1. The molecule has 1 aliphatic heterocycles. The zero-order valence-electron chi connectivity index (χ0n) is 11.9. The van der Waals surface area contributed by atoms with Crippen LogP contribution in [0.2, 0.25) is 4.34 Å². The average molecular weight is 326 g/mol. The number of piperidine rings is 1. The van der Waals surface area contributed by atoms with E-state index in [1.807, 2.05) is 4.90 Å². The molecular formula is C14H16ClN3O2S. The molecule has 5 nitrogen and oxygen atoms in total. The fourth-order valence-electron chi connectivity index (χ4n) is 2.58. The molecule has 0 atom stereocenters. The molecule has 7 heteroatoms. The second kappa shape index (κ2) is 5.42. The van der Waals surface area contributed by atoms with Gasteiger partial charge in [-0.05, 0) is 19.8 Å². The maximum absolute atomic E-state index is 12.3. The van der Waals surface area contributed by atoms with Crippen molar-refractivity contribution in [3.63, 3.8) is 0 Å². The highest BCUT2D eigenvalue weighted by molar-refractivity contribution is 7.15. The predicted molar refractivity (Wildman–Crippen MR) is 80.9 cm³/mol. The number of hydrogen-bond acceptors (Lipinski definition) is 5. The van der Waals surface area contributed by atoms with Crippen LogP contribution in [0.3, 0.4) is 0 Å². The molecule has 0 aromatic carbocycles. The van der Waals surface area contributed by atoms with E-state index in [9.17, 15) is 4.79 Å². The number of rotatable bonds is 2. The fraction of sp³-hybridized carbons (Fsp3) is 0.500. The standard InChI is InChI=1S/C14H16ClN3O2S/c1-9-7-10(17-20-9)12(19)18-5-3-14(2,4-6-18)13-16-8-11(15)21-13/h7-8H,3-6H2,1-2H3. The smallest absolute Gasteiger partial charge is 0.276 e. The Bertz CT molecular complexity index is 659. The number of thiazole rings is 1. The summed E-state index contributed by atoms with van der Waals surface area (Å²) < 4.78 is 5.68. The lowest BCUT2D eigenvalue weighted by Crippen LogP contribution is -2.44. The Morgan fingerprint density at radius 3 is 2.71 bits per heavy atom. The maximum atomic E-state index is 12.3. The Morgan fingerprint density at radius 1 is 1.48 bits per heavy atom. The Hall–Kier alpha value is -1.40. The van der Waals surface area contributed by atoms with Gasteiger partial charge >= 0.3 is 0 Å². The van der Waals surface area contributed by atoms with E-state index >= 15 is 0 Å². The van der Waals surface area contributed by atoms with Gasteiger partial charge < -0.3 is 9.42 Å². The Morgan fingerprint density at radius 2 is 2.19 bits per heavy atom. The molecule has 21 heavy (non-hydrogen) atoms. The van der Waals surface area contributed by atoms with Gasteiger partial charge in [-0.2, -0.15) is 0 Å². The lowest BCUT2D eigenvalue weighted by atomic mass is 9.81. The van der Waals surface area contributed by atoms with Crippen LogP contribution >= 0.6 is 22.9 Å². The first kappa shape index (κ1) is 14.5. The van der Waals surface area contributed by atoms with Crippen molar-refractivity contribution in [3.8, 4) is 0 Å². The number of carbonyl (C=O) groups is 1. The number of amides is 1. The van der Waals surface area contributed by atoms with Crippen molar-refractivity contribution in [3.05, 3.63) is 33.1 Å². The van der Waals surface area contributed by atoms with Crippen molar-refractivity contribution in [2.24, 2.45) is 0 Å². The molecule has 2 aromatic heterocycles. The minimum atomic E-state index is -0.0638. The van der Waals surface area contributed by atoms with Gasteiger partial charge in [0, 0.05) is 24.6 Å². The number of carbonyl (C=O) groups excluding carboxylic acids is 1. The van der Waals surface area contributed by atoms with E-state index < -0.39 is 0 Å². The number of aryl methyl sites for hydroxylation is 1. The predicted octanol–water partition coefficient (Wildman–Crippen LogP) is 3.29. The molecular weight excluding hydrogens is 310 g/mol. The first-order valence-electron chi connectivity index (χ1n) is 6.82. The van der Waals surface area contributed by atoms with E-state index in [-0.39, 0.29) is 11.3 Å². The van der Waals surface area contributed by atoms with Crippen LogP contribution in [0.15, 0.2) is 16.8 Å².